The third-order valence-electron chi connectivity index (χ3n) is 2.86. The average Bonchev–Trinajstić information content (AvgIpc) is 2.54. The van der Waals surface area contributed by atoms with Crippen LogP contribution in [0.2, 0.25) is 10.0 Å². The van der Waals surface area contributed by atoms with Crippen LogP contribution in [0.1, 0.15) is 10.4 Å². The lowest BCUT2D eigenvalue weighted by atomic mass is 10.2. The summed E-state index contributed by atoms with van der Waals surface area (Å²) in [6.07, 6.45) is 0. The quantitative estimate of drug-likeness (QED) is 0.895. The number of benzene rings is 2. The highest BCUT2D eigenvalue weighted by Gasteiger charge is 2.12. The monoisotopic (exact) mass is 353 g/mol. The van der Waals surface area contributed by atoms with Gasteiger partial charge in [0.15, 0.2) is 6.61 Å². The molecule has 0 saturated heterocycles. The Hall–Kier alpha value is -2.24. The summed E-state index contributed by atoms with van der Waals surface area (Å²) < 4.78 is 10.2. The van der Waals surface area contributed by atoms with E-state index in [9.17, 15) is 9.59 Å². The molecule has 2 aromatic carbocycles. The molecule has 5 nitrogen and oxygen atoms in total. The van der Waals surface area contributed by atoms with E-state index < -0.39 is 11.8 Å². The number of amides is 2. The van der Waals surface area contributed by atoms with Crippen molar-refractivity contribution in [1.82, 2.24) is 5.32 Å². The molecule has 0 unspecified atom stereocenters. The number of halogens is 2. The molecule has 0 atom stereocenters. The summed E-state index contributed by atoms with van der Waals surface area (Å²) in [4.78, 5) is 23.7. The van der Waals surface area contributed by atoms with E-state index in [0.29, 0.717) is 22.1 Å². The number of nitrogens with one attached hydrogen (secondary N) is 1. The zero-order valence-corrected chi connectivity index (χ0v) is 13.6. The molecule has 0 aliphatic carbocycles. The first-order chi connectivity index (χ1) is 11.0. The summed E-state index contributed by atoms with van der Waals surface area (Å²) in [5.74, 6) is -0.183. The van der Waals surface area contributed by atoms with Crippen LogP contribution in [0.3, 0.4) is 0 Å². The lowest BCUT2D eigenvalue weighted by Crippen LogP contribution is -2.34. The molecule has 2 aromatic rings. The molecule has 0 fully saturated rings. The van der Waals surface area contributed by atoms with Crippen molar-refractivity contribution < 1.29 is 19.1 Å². The molecule has 2 amide bonds. The van der Waals surface area contributed by atoms with Gasteiger partial charge in [0.1, 0.15) is 11.5 Å². The second-order valence-electron chi connectivity index (χ2n) is 4.47. The van der Waals surface area contributed by atoms with Gasteiger partial charge >= 0.3 is 0 Å². The highest BCUT2D eigenvalue weighted by Crippen LogP contribution is 2.27. The number of carbonyl (C=O) groups excluding carboxylic acids is 2. The van der Waals surface area contributed by atoms with Gasteiger partial charge in [-0.1, -0.05) is 23.2 Å². The average molecular weight is 354 g/mol. The Morgan fingerprint density at radius 3 is 2.39 bits per heavy atom. The van der Waals surface area contributed by atoms with E-state index in [-0.39, 0.29) is 11.6 Å². The first-order valence-electron chi connectivity index (χ1n) is 6.55. The van der Waals surface area contributed by atoms with Gasteiger partial charge in [0.25, 0.3) is 11.8 Å². The SMILES string of the molecule is COc1ccc(C(=O)NC(=O)COc2ccc(Cl)cc2Cl)cc1. The van der Waals surface area contributed by atoms with Gasteiger partial charge in [-0.05, 0) is 42.5 Å². The Bertz CT molecular complexity index is 717. The summed E-state index contributed by atoms with van der Waals surface area (Å²) in [5.41, 5.74) is 0.337. The Labute approximate surface area is 143 Å². The Kier molecular flexibility index (Phi) is 5.84. The van der Waals surface area contributed by atoms with Crippen LogP contribution in [-0.4, -0.2) is 25.5 Å². The van der Waals surface area contributed by atoms with Crippen LogP contribution in [0.15, 0.2) is 42.5 Å². The minimum atomic E-state index is -0.586. The molecule has 0 aromatic heterocycles. The summed E-state index contributed by atoms with van der Waals surface area (Å²) in [6.45, 7) is -0.344. The maximum absolute atomic E-state index is 11.9. The van der Waals surface area contributed by atoms with Gasteiger partial charge in [0.2, 0.25) is 0 Å². The fraction of sp³-hybridized carbons (Fsp3) is 0.125. The molecule has 1 N–H and O–H groups in total. The van der Waals surface area contributed by atoms with E-state index >= 15 is 0 Å². The first-order valence-corrected chi connectivity index (χ1v) is 7.31. The van der Waals surface area contributed by atoms with Crippen molar-refractivity contribution in [2.45, 2.75) is 0 Å². The number of imide groups is 1. The van der Waals surface area contributed by atoms with Crippen molar-refractivity contribution in [2.24, 2.45) is 0 Å². The maximum atomic E-state index is 11.9. The third kappa shape index (κ3) is 4.87. The lowest BCUT2D eigenvalue weighted by molar-refractivity contribution is -0.122. The predicted octanol–water partition coefficient (Wildman–Crippen LogP) is 3.34. The van der Waals surface area contributed by atoms with Gasteiger partial charge in [-0.25, -0.2) is 0 Å². The van der Waals surface area contributed by atoms with Crippen molar-refractivity contribution in [1.29, 1.82) is 0 Å². The maximum Gasteiger partial charge on any atom is 0.264 e. The van der Waals surface area contributed by atoms with E-state index in [1.54, 1.807) is 36.4 Å². The van der Waals surface area contributed by atoms with E-state index in [1.165, 1.54) is 13.2 Å². The van der Waals surface area contributed by atoms with Gasteiger partial charge in [-0.2, -0.15) is 0 Å². The predicted molar refractivity (Wildman–Crippen MR) is 87.4 cm³/mol. The largest absolute Gasteiger partial charge is 0.497 e. The first kappa shape index (κ1) is 17.1. The van der Waals surface area contributed by atoms with Gasteiger partial charge < -0.3 is 9.47 Å². The third-order valence-corrected chi connectivity index (χ3v) is 3.39. The zero-order chi connectivity index (χ0) is 16.8. The van der Waals surface area contributed by atoms with Crippen LogP contribution in [-0.2, 0) is 4.79 Å². The van der Waals surface area contributed by atoms with Crippen molar-refractivity contribution >= 4 is 35.0 Å². The lowest BCUT2D eigenvalue weighted by Gasteiger charge is -2.08. The van der Waals surface area contributed by atoms with Gasteiger partial charge in [-0.15, -0.1) is 0 Å². The molecule has 0 aliphatic rings. The van der Waals surface area contributed by atoms with Gasteiger partial charge in [-0.3, -0.25) is 14.9 Å². The highest BCUT2D eigenvalue weighted by molar-refractivity contribution is 6.35. The summed E-state index contributed by atoms with van der Waals surface area (Å²) in [6, 6.07) is 11.0. The number of methoxy groups -OCH3 is 1. The molecule has 0 aliphatic heterocycles. The van der Waals surface area contributed by atoms with Crippen LogP contribution in [0.5, 0.6) is 11.5 Å². The van der Waals surface area contributed by atoms with Crippen molar-refractivity contribution in [3.63, 3.8) is 0 Å². The molecule has 0 saturated carbocycles. The fourth-order valence-electron chi connectivity index (χ4n) is 1.71. The molecule has 0 spiro atoms. The topological polar surface area (TPSA) is 64.6 Å². The van der Waals surface area contributed by atoms with Crippen molar-refractivity contribution in [2.75, 3.05) is 13.7 Å². The second kappa shape index (κ2) is 7.85. The molecule has 23 heavy (non-hydrogen) atoms. The number of carbonyl (C=O) groups is 2. The molecular formula is C16H13Cl2NO4. The van der Waals surface area contributed by atoms with Crippen molar-refractivity contribution in [3.05, 3.63) is 58.1 Å². The standard InChI is InChI=1S/C16H13Cl2NO4/c1-22-12-5-2-10(3-6-12)16(21)19-15(20)9-23-14-7-4-11(17)8-13(14)18/h2-8H,9H2,1H3,(H,19,20,21). The highest BCUT2D eigenvalue weighted by atomic mass is 35.5. The smallest absolute Gasteiger partial charge is 0.264 e. The van der Waals surface area contributed by atoms with E-state index in [4.69, 9.17) is 32.7 Å². The normalized spacial score (nSPS) is 10.0. The van der Waals surface area contributed by atoms with E-state index in [1.807, 2.05) is 0 Å². The van der Waals surface area contributed by atoms with Crippen LogP contribution >= 0.6 is 23.2 Å². The summed E-state index contributed by atoms with van der Waals surface area (Å²) in [5, 5.41) is 2.97. The minimum Gasteiger partial charge on any atom is -0.497 e. The molecule has 0 heterocycles. The Balaban J connectivity index is 1.89. The van der Waals surface area contributed by atoms with Gasteiger partial charge in [0.05, 0.1) is 12.1 Å². The number of hydrogen-bond acceptors (Lipinski definition) is 4. The number of rotatable bonds is 5. The Morgan fingerprint density at radius 2 is 1.78 bits per heavy atom. The second-order valence-corrected chi connectivity index (χ2v) is 5.31. The van der Waals surface area contributed by atoms with Gasteiger partial charge in [0, 0.05) is 10.6 Å². The van der Waals surface area contributed by atoms with E-state index in [0.717, 1.165) is 0 Å². The molecule has 7 heteroatoms. The molecule has 0 radical (unpaired) electrons. The number of hydrogen-bond donors (Lipinski definition) is 1. The molecule has 120 valence electrons. The van der Waals surface area contributed by atoms with Crippen LogP contribution in [0, 0.1) is 0 Å². The minimum absolute atomic E-state index is 0.284. The van der Waals surface area contributed by atoms with E-state index in [2.05, 4.69) is 5.32 Å². The molecule has 2 rings (SSSR count). The Morgan fingerprint density at radius 1 is 1.09 bits per heavy atom. The molecule has 0 bridgehead atoms. The van der Waals surface area contributed by atoms with Crippen molar-refractivity contribution in [3.8, 4) is 11.5 Å². The van der Waals surface area contributed by atoms with Crippen LogP contribution < -0.4 is 14.8 Å². The summed E-state index contributed by atoms with van der Waals surface area (Å²) in [7, 11) is 1.53. The summed E-state index contributed by atoms with van der Waals surface area (Å²) >= 11 is 11.7. The molecular weight excluding hydrogens is 341 g/mol. The fourth-order valence-corrected chi connectivity index (χ4v) is 2.18. The van der Waals surface area contributed by atoms with Crippen LogP contribution in [0.25, 0.3) is 0 Å². The zero-order valence-electron chi connectivity index (χ0n) is 12.1. The number of ether oxygens (including phenoxy) is 2. The van der Waals surface area contributed by atoms with Crippen LogP contribution in [0.4, 0.5) is 0 Å².